The third-order valence-electron chi connectivity index (χ3n) is 4.09. The molecule has 2 aromatic carbocycles. The lowest BCUT2D eigenvalue weighted by atomic mass is 9.92. The van der Waals surface area contributed by atoms with E-state index < -0.39 is 0 Å². The molecule has 1 aliphatic heterocycles. The van der Waals surface area contributed by atoms with Crippen molar-refractivity contribution in [1.82, 2.24) is 5.32 Å². The minimum Gasteiger partial charge on any atom is -0.493 e. The molecule has 0 aliphatic carbocycles. The quantitative estimate of drug-likeness (QED) is 0.915. The SMILES string of the molecule is CCc1ccccc1C(NC)c1cccc2c1OCC2. The molecule has 104 valence electrons. The van der Waals surface area contributed by atoms with Crippen LogP contribution in [-0.4, -0.2) is 13.7 Å². The van der Waals surface area contributed by atoms with Gasteiger partial charge in [0.25, 0.3) is 0 Å². The van der Waals surface area contributed by atoms with Gasteiger partial charge in [0.15, 0.2) is 0 Å². The number of para-hydroxylation sites is 1. The molecule has 0 bridgehead atoms. The first kappa shape index (κ1) is 13.2. The van der Waals surface area contributed by atoms with E-state index in [1.165, 1.54) is 22.3 Å². The van der Waals surface area contributed by atoms with Crippen LogP contribution in [0, 0.1) is 0 Å². The molecule has 0 fully saturated rings. The summed E-state index contributed by atoms with van der Waals surface area (Å²) in [4.78, 5) is 0. The van der Waals surface area contributed by atoms with Gasteiger partial charge in [-0.05, 0) is 30.2 Å². The van der Waals surface area contributed by atoms with Crippen molar-refractivity contribution in [3.63, 3.8) is 0 Å². The first-order chi connectivity index (χ1) is 9.85. The molecule has 0 saturated heterocycles. The summed E-state index contributed by atoms with van der Waals surface area (Å²) in [6, 6.07) is 15.3. The average molecular weight is 267 g/mol. The Balaban J connectivity index is 2.09. The molecular weight excluding hydrogens is 246 g/mol. The Labute approximate surface area is 120 Å². The van der Waals surface area contributed by atoms with E-state index in [0.29, 0.717) is 0 Å². The van der Waals surface area contributed by atoms with E-state index in [0.717, 1.165) is 25.2 Å². The highest BCUT2D eigenvalue weighted by Gasteiger charge is 2.23. The standard InChI is InChI=1S/C18H21NO/c1-3-13-7-4-5-9-15(13)17(19-2)16-10-6-8-14-11-12-20-18(14)16/h4-10,17,19H,3,11-12H2,1-2H3. The fourth-order valence-electron chi connectivity index (χ4n) is 3.08. The van der Waals surface area contributed by atoms with Crippen LogP contribution in [0.1, 0.15) is 35.2 Å². The molecule has 0 aromatic heterocycles. The van der Waals surface area contributed by atoms with Gasteiger partial charge in [-0.15, -0.1) is 0 Å². The molecule has 1 N–H and O–H groups in total. The van der Waals surface area contributed by atoms with Gasteiger partial charge in [0.1, 0.15) is 5.75 Å². The van der Waals surface area contributed by atoms with Crippen molar-refractivity contribution in [2.75, 3.05) is 13.7 Å². The molecule has 1 heterocycles. The lowest BCUT2D eigenvalue weighted by molar-refractivity contribution is 0.351. The summed E-state index contributed by atoms with van der Waals surface area (Å²) in [5, 5.41) is 3.46. The second kappa shape index (κ2) is 5.68. The zero-order valence-electron chi connectivity index (χ0n) is 12.1. The van der Waals surface area contributed by atoms with Crippen molar-refractivity contribution in [2.45, 2.75) is 25.8 Å². The van der Waals surface area contributed by atoms with Crippen LogP contribution in [0.3, 0.4) is 0 Å². The summed E-state index contributed by atoms with van der Waals surface area (Å²) < 4.78 is 5.87. The summed E-state index contributed by atoms with van der Waals surface area (Å²) in [6.07, 6.45) is 2.07. The maximum Gasteiger partial charge on any atom is 0.127 e. The van der Waals surface area contributed by atoms with Gasteiger partial charge < -0.3 is 10.1 Å². The Hall–Kier alpha value is -1.80. The molecule has 0 radical (unpaired) electrons. The summed E-state index contributed by atoms with van der Waals surface area (Å²) >= 11 is 0. The summed E-state index contributed by atoms with van der Waals surface area (Å²) in [7, 11) is 2.02. The van der Waals surface area contributed by atoms with Crippen LogP contribution in [0.5, 0.6) is 5.75 Å². The van der Waals surface area contributed by atoms with E-state index in [4.69, 9.17) is 4.74 Å². The van der Waals surface area contributed by atoms with Crippen LogP contribution < -0.4 is 10.1 Å². The Morgan fingerprint density at radius 3 is 2.70 bits per heavy atom. The Morgan fingerprint density at radius 1 is 1.10 bits per heavy atom. The maximum absolute atomic E-state index is 5.87. The van der Waals surface area contributed by atoms with Crippen LogP contribution in [0.25, 0.3) is 0 Å². The van der Waals surface area contributed by atoms with Crippen molar-refractivity contribution in [3.8, 4) is 5.75 Å². The number of nitrogens with one attached hydrogen (secondary N) is 1. The number of rotatable bonds is 4. The molecule has 2 heteroatoms. The van der Waals surface area contributed by atoms with E-state index in [9.17, 15) is 0 Å². The van der Waals surface area contributed by atoms with Gasteiger partial charge in [0, 0.05) is 12.0 Å². The number of hydrogen-bond acceptors (Lipinski definition) is 2. The van der Waals surface area contributed by atoms with E-state index in [2.05, 4.69) is 54.7 Å². The van der Waals surface area contributed by atoms with Crippen LogP contribution in [0.15, 0.2) is 42.5 Å². The minimum atomic E-state index is 0.194. The Morgan fingerprint density at radius 2 is 1.90 bits per heavy atom. The lowest BCUT2D eigenvalue weighted by Gasteiger charge is -2.22. The summed E-state index contributed by atoms with van der Waals surface area (Å²) in [5.41, 5.74) is 5.32. The number of aryl methyl sites for hydroxylation is 1. The molecule has 2 nitrogen and oxygen atoms in total. The van der Waals surface area contributed by atoms with Crippen LogP contribution in [-0.2, 0) is 12.8 Å². The first-order valence-electron chi connectivity index (χ1n) is 7.34. The maximum atomic E-state index is 5.87. The third-order valence-corrected chi connectivity index (χ3v) is 4.09. The second-order valence-corrected chi connectivity index (χ2v) is 5.21. The fraction of sp³-hybridized carbons (Fsp3) is 0.333. The highest BCUT2D eigenvalue weighted by Crippen LogP contribution is 2.36. The third kappa shape index (κ3) is 2.20. The average Bonchev–Trinajstić information content (AvgIpc) is 2.98. The first-order valence-corrected chi connectivity index (χ1v) is 7.34. The zero-order valence-corrected chi connectivity index (χ0v) is 12.1. The van der Waals surface area contributed by atoms with Crippen molar-refractivity contribution in [3.05, 3.63) is 64.7 Å². The molecular formula is C18H21NO. The number of hydrogen-bond donors (Lipinski definition) is 1. The van der Waals surface area contributed by atoms with E-state index in [-0.39, 0.29) is 6.04 Å². The topological polar surface area (TPSA) is 21.3 Å². The van der Waals surface area contributed by atoms with E-state index in [1.807, 2.05) is 7.05 Å². The van der Waals surface area contributed by atoms with Gasteiger partial charge in [-0.2, -0.15) is 0 Å². The Bertz CT molecular complexity index is 606. The zero-order chi connectivity index (χ0) is 13.9. The van der Waals surface area contributed by atoms with Crippen LogP contribution in [0.2, 0.25) is 0 Å². The van der Waals surface area contributed by atoms with Crippen molar-refractivity contribution >= 4 is 0 Å². The molecule has 1 unspecified atom stereocenters. The van der Waals surface area contributed by atoms with Gasteiger partial charge in [0.05, 0.1) is 12.6 Å². The molecule has 0 amide bonds. The van der Waals surface area contributed by atoms with Crippen molar-refractivity contribution in [1.29, 1.82) is 0 Å². The Kier molecular flexibility index (Phi) is 3.75. The lowest BCUT2D eigenvalue weighted by Crippen LogP contribution is -2.19. The van der Waals surface area contributed by atoms with Gasteiger partial charge in [-0.25, -0.2) is 0 Å². The molecule has 0 spiro atoms. The van der Waals surface area contributed by atoms with E-state index >= 15 is 0 Å². The molecule has 2 aromatic rings. The number of ether oxygens (including phenoxy) is 1. The highest BCUT2D eigenvalue weighted by atomic mass is 16.5. The molecule has 3 rings (SSSR count). The molecule has 0 saturated carbocycles. The minimum absolute atomic E-state index is 0.194. The summed E-state index contributed by atoms with van der Waals surface area (Å²) in [6.45, 7) is 3.01. The normalized spacial score (nSPS) is 14.7. The second-order valence-electron chi connectivity index (χ2n) is 5.21. The van der Waals surface area contributed by atoms with Gasteiger partial charge in [-0.3, -0.25) is 0 Å². The smallest absolute Gasteiger partial charge is 0.127 e. The van der Waals surface area contributed by atoms with Crippen LogP contribution in [0.4, 0.5) is 0 Å². The van der Waals surface area contributed by atoms with Gasteiger partial charge in [-0.1, -0.05) is 49.4 Å². The number of benzene rings is 2. The van der Waals surface area contributed by atoms with Crippen LogP contribution >= 0.6 is 0 Å². The van der Waals surface area contributed by atoms with E-state index in [1.54, 1.807) is 0 Å². The molecule has 20 heavy (non-hydrogen) atoms. The number of fused-ring (bicyclic) bond motifs is 1. The van der Waals surface area contributed by atoms with Crippen molar-refractivity contribution in [2.24, 2.45) is 0 Å². The molecule has 1 atom stereocenters. The summed E-state index contributed by atoms with van der Waals surface area (Å²) in [5.74, 6) is 1.08. The fourth-order valence-corrected chi connectivity index (χ4v) is 3.08. The van der Waals surface area contributed by atoms with Gasteiger partial charge in [0.2, 0.25) is 0 Å². The van der Waals surface area contributed by atoms with Gasteiger partial charge >= 0.3 is 0 Å². The monoisotopic (exact) mass is 267 g/mol. The highest BCUT2D eigenvalue weighted by molar-refractivity contribution is 5.49. The largest absolute Gasteiger partial charge is 0.493 e. The predicted molar refractivity (Wildman–Crippen MR) is 82.4 cm³/mol. The van der Waals surface area contributed by atoms with Crippen molar-refractivity contribution < 1.29 is 4.74 Å². The predicted octanol–water partition coefficient (Wildman–Crippen LogP) is 3.49. The molecule has 1 aliphatic rings.